The predicted molar refractivity (Wildman–Crippen MR) is 115 cm³/mol. The Bertz CT molecular complexity index is 1320. The summed E-state index contributed by atoms with van der Waals surface area (Å²) >= 11 is 0. The SMILES string of the molecule is Cc1ccc(C(=O)Nc2cccc(OC(F)(F)F)c2)cc1-c1ccc2ncnc(N)c2c1. The molecule has 9 heteroatoms. The second-order valence-electron chi connectivity index (χ2n) is 7.05. The Morgan fingerprint density at radius 3 is 2.62 bits per heavy atom. The standard InChI is InChI=1S/C23H17F3N4O2/c1-13-5-6-15(22(31)30-16-3-2-4-17(11-16)32-23(24,25)26)10-18(13)14-7-8-20-19(9-14)21(27)29-12-28-20/h2-12H,1H3,(H,30,31)(H2,27,28,29). The van der Waals surface area contributed by atoms with Gasteiger partial charge in [-0.3, -0.25) is 4.79 Å². The minimum Gasteiger partial charge on any atom is -0.406 e. The van der Waals surface area contributed by atoms with Gasteiger partial charge in [0.1, 0.15) is 17.9 Å². The van der Waals surface area contributed by atoms with E-state index in [1.165, 1.54) is 18.5 Å². The Hall–Kier alpha value is -4.14. The van der Waals surface area contributed by atoms with Crippen molar-refractivity contribution < 1.29 is 22.7 Å². The normalized spacial score (nSPS) is 11.4. The van der Waals surface area contributed by atoms with E-state index in [0.29, 0.717) is 22.3 Å². The summed E-state index contributed by atoms with van der Waals surface area (Å²) in [6.45, 7) is 1.91. The van der Waals surface area contributed by atoms with Gasteiger partial charge in [0, 0.05) is 22.7 Å². The molecule has 0 radical (unpaired) electrons. The number of nitrogen functional groups attached to an aromatic ring is 1. The fourth-order valence-corrected chi connectivity index (χ4v) is 3.29. The van der Waals surface area contributed by atoms with E-state index in [4.69, 9.17) is 5.73 Å². The number of nitrogens with zero attached hydrogens (tertiary/aromatic N) is 2. The first-order valence-corrected chi connectivity index (χ1v) is 9.48. The molecule has 0 spiro atoms. The van der Waals surface area contributed by atoms with Crippen LogP contribution in [0.2, 0.25) is 0 Å². The number of hydrogen-bond donors (Lipinski definition) is 2. The van der Waals surface area contributed by atoms with Gasteiger partial charge in [-0.1, -0.05) is 18.2 Å². The number of carbonyl (C=O) groups excluding carboxylic acids is 1. The number of aryl methyl sites for hydroxylation is 1. The van der Waals surface area contributed by atoms with Crippen molar-refractivity contribution >= 4 is 28.3 Å². The van der Waals surface area contributed by atoms with Gasteiger partial charge in [-0.25, -0.2) is 9.97 Å². The monoisotopic (exact) mass is 438 g/mol. The summed E-state index contributed by atoms with van der Waals surface area (Å²) < 4.78 is 41.2. The third-order valence-electron chi connectivity index (χ3n) is 4.80. The molecule has 0 bridgehead atoms. The number of alkyl halides is 3. The van der Waals surface area contributed by atoms with Gasteiger partial charge in [0.25, 0.3) is 5.91 Å². The molecule has 0 aliphatic carbocycles. The molecule has 3 N–H and O–H groups in total. The van der Waals surface area contributed by atoms with Gasteiger partial charge in [0.05, 0.1) is 5.52 Å². The van der Waals surface area contributed by atoms with Gasteiger partial charge < -0.3 is 15.8 Å². The number of amides is 1. The number of hydrogen-bond acceptors (Lipinski definition) is 5. The van der Waals surface area contributed by atoms with Crippen molar-refractivity contribution in [2.75, 3.05) is 11.1 Å². The van der Waals surface area contributed by atoms with Crippen LogP contribution in [0, 0.1) is 6.92 Å². The number of halogens is 3. The van der Waals surface area contributed by atoms with Crippen LogP contribution < -0.4 is 15.8 Å². The van der Waals surface area contributed by atoms with Crippen LogP contribution in [-0.2, 0) is 0 Å². The molecule has 6 nitrogen and oxygen atoms in total. The average Bonchev–Trinajstić information content (AvgIpc) is 2.73. The van der Waals surface area contributed by atoms with E-state index >= 15 is 0 Å². The number of nitrogens with two attached hydrogens (primary N) is 1. The van der Waals surface area contributed by atoms with Gasteiger partial charge in [-0.05, 0) is 60.0 Å². The Morgan fingerprint density at radius 1 is 1.03 bits per heavy atom. The van der Waals surface area contributed by atoms with Gasteiger partial charge in [0.2, 0.25) is 0 Å². The molecule has 3 aromatic carbocycles. The van der Waals surface area contributed by atoms with Crippen LogP contribution in [0.15, 0.2) is 67.0 Å². The van der Waals surface area contributed by atoms with Crippen molar-refractivity contribution in [2.24, 2.45) is 0 Å². The molecule has 1 heterocycles. The smallest absolute Gasteiger partial charge is 0.406 e. The van der Waals surface area contributed by atoms with Crippen molar-refractivity contribution in [1.29, 1.82) is 0 Å². The van der Waals surface area contributed by atoms with E-state index < -0.39 is 18.0 Å². The zero-order chi connectivity index (χ0) is 22.9. The van der Waals surface area contributed by atoms with E-state index in [2.05, 4.69) is 20.0 Å². The lowest BCUT2D eigenvalue weighted by Crippen LogP contribution is -2.17. The third-order valence-corrected chi connectivity index (χ3v) is 4.80. The van der Waals surface area contributed by atoms with Crippen LogP contribution in [0.3, 0.4) is 0 Å². The van der Waals surface area contributed by atoms with Crippen molar-refractivity contribution in [3.05, 3.63) is 78.1 Å². The average molecular weight is 438 g/mol. The van der Waals surface area contributed by atoms with E-state index in [1.807, 2.05) is 25.1 Å². The van der Waals surface area contributed by atoms with E-state index in [0.717, 1.165) is 28.8 Å². The summed E-state index contributed by atoms with van der Waals surface area (Å²) in [5.74, 6) is -0.542. The Balaban J connectivity index is 1.62. The molecule has 0 saturated heterocycles. The maximum Gasteiger partial charge on any atom is 0.573 e. The van der Waals surface area contributed by atoms with Crippen molar-refractivity contribution in [2.45, 2.75) is 13.3 Å². The third kappa shape index (κ3) is 4.61. The number of fused-ring (bicyclic) bond motifs is 1. The summed E-state index contributed by atoms with van der Waals surface area (Å²) in [7, 11) is 0. The predicted octanol–water partition coefficient (Wildman–Crippen LogP) is 5.34. The largest absolute Gasteiger partial charge is 0.573 e. The van der Waals surface area contributed by atoms with Gasteiger partial charge in [-0.15, -0.1) is 13.2 Å². The first-order valence-electron chi connectivity index (χ1n) is 9.48. The quantitative estimate of drug-likeness (QED) is 0.449. The van der Waals surface area contributed by atoms with Crippen molar-refractivity contribution in [3.8, 4) is 16.9 Å². The van der Waals surface area contributed by atoms with Gasteiger partial charge >= 0.3 is 6.36 Å². The highest BCUT2D eigenvalue weighted by Crippen LogP contribution is 2.30. The van der Waals surface area contributed by atoms with E-state index in [9.17, 15) is 18.0 Å². The number of rotatable bonds is 4. The lowest BCUT2D eigenvalue weighted by atomic mass is 9.96. The van der Waals surface area contributed by atoms with Crippen LogP contribution in [0.25, 0.3) is 22.0 Å². The van der Waals surface area contributed by atoms with Crippen LogP contribution in [0.1, 0.15) is 15.9 Å². The fourth-order valence-electron chi connectivity index (χ4n) is 3.29. The van der Waals surface area contributed by atoms with Crippen LogP contribution in [0.5, 0.6) is 5.75 Å². The second kappa shape index (κ2) is 8.18. The zero-order valence-electron chi connectivity index (χ0n) is 16.8. The number of nitrogens with one attached hydrogen (secondary N) is 1. The minimum atomic E-state index is -4.82. The topological polar surface area (TPSA) is 90.1 Å². The summed E-state index contributed by atoms with van der Waals surface area (Å²) in [6.07, 6.45) is -3.43. The summed E-state index contributed by atoms with van der Waals surface area (Å²) in [4.78, 5) is 21.0. The van der Waals surface area contributed by atoms with Crippen LogP contribution in [-0.4, -0.2) is 22.2 Å². The maximum atomic E-state index is 12.8. The van der Waals surface area contributed by atoms with Crippen molar-refractivity contribution in [3.63, 3.8) is 0 Å². The molecule has 0 unspecified atom stereocenters. The van der Waals surface area contributed by atoms with Gasteiger partial charge in [0.15, 0.2) is 0 Å². The Morgan fingerprint density at radius 2 is 1.84 bits per heavy atom. The zero-order valence-corrected chi connectivity index (χ0v) is 16.8. The molecule has 1 amide bonds. The lowest BCUT2D eigenvalue weighted by Gasteiger charge is -2.12. The van der Waals surface area contributed by atoms with Crippen molar-refractivity contribution in [1.82, 2.24) is 9.97 Å². The molecule has 162 valence electrons. The fraction of sp³-hybridized carbons (Fsp3) is 0.0870. The number of carbonyl (C=O) groups is 1. The molecule has 32 heavy (non-hydrogen) atoms. The summed E-state index contributed by atoms with van der Waals surface area (Å²) in [5, 5.41) is 3.29. The summed E-state index contributed by atoms with van der Waals surface area (Å²) in [6, 6.07) is 15.8. The molecule has 0 fully saturated rings. The molecule has 0 atom stereocenters. The highest BCUT2D eigenvalue weighted by Gasteiger charge is 2.31. The second-order valence-corrected chi connectivity index (χ2v) is 7.05. The number of ether oxygens (including phenoxy) is 1. The molecular formula is C23H17F3N4O2. The molecule has 0 aliphatic heterocycles. The molecular weight excluding hydrogens is 421 g/mol. The first kappa shape index (κ1) is 21.1. The first-order chi connectivity index (χ1) is 15.2. The van der Waals surface area contributed by atoms with Crippen LogP contribution >= 0.6 is 0 Å². The van der Waals surface area contributed by atoms with E-state index in [-0.39, 0.29) is 5.69 Å². The Kier molecular flexibility index (Phi) is 5.40. The van der Waals surface area contributed by atoms with Gasteiger partial charge in [-0.2, -0.15) is 0 Å². The highest BCUT2D eigenvalue weighted by molar-refractivity contribution is 6.05. The number of benzene rings is 3. The number of anilines is 2. The van der Waals surface area contributed by atoms with Crippen LogP contribution in [0.4, 0.5) is 24.7 Å². The molecule has 4 aromatic rings. The van der Waals surface area contributed by atoms with E-state index in [1.54, 1.807) is 18.2 Å². The highest BCUT2D eigenvalue weighted by atomic mass is 19.4. The molecule has 1 aromatic heterocycles. The molecule has 0 saturated carbocycles. The molecule has 4 rings (SSSR count). The maximum absolute atomic E-state index is 12.8. The Labute approximate surface area is 180 Å². The number of aromatic nitrogens is 2. The molecule has 0 aliphatic rings. The minimum absolute atomic E-state index is 0.175. The lowest BCUT2D eigenvalue weighted by molar-refractivity contribution is -0.274. The summed E-state index contributed by atoms with van der Waals surface area (Å²) in [5.41, 5.74) is 9.73.